The Morgan fingerprint density at radius 2 is 1.33 bits per heavy atom. The normalized spacial score (nSPS) is 14.6. The lowest BCUT2D eigenvalue weighted by molar-refractivity contribution is -0.162. The summed E-state index contributed by atoms with van der Waals surface area (Å²) in [5, 5.41) is 0. The highest BCUT2D eigenvalue weighted by atomic mass is 31.2. The van der Waals surface area contributed by atoms with Crippen LogP contribution in [0, 0.1) is 0 Å². The van der Waals surface area contributed by atoms with Gasteiger partial charge in [0.2, 0.25) is 6.79 Å². The van der Waals surface area contributed by atoms with Gasteiger partial charge in [-0.15, -0.1) is 0 Å². The molecule has 10 heteroatoms. The number of hydrogen-bond donors (Lipinski definition) is 1. The molecule has 0 aromatic carbocycles. The fourth-order valence-electron chi connectivity index (χ4n) is 1.64. The average molecular weight is 411 g/mol. The zero-order valence-electron chi connectivity index (χ0n) is 17.8. The predicted molar refractivity (Wildman–Crippen MR) is 99.8 cm³/mol. The summed E-state index contributed by atoms with van der Waals surface area (Å²) in [6.45, 7) is 14.5. The van der Waals surface area contributed by atoms with Crippen LogP contribution >= 0.6 is 7.82 Å². The van der Waals surface area contributed by atoms with Gasteiger partial charge in [0.25, 0.3) is 0 Å². The van der Waals surface area contributed by atoms with Crippen molar-refractivity contribution in [2.75, 3.05) is 6.79 Å². The van der Waals surface area contributed by atoms with E-state index in [9.17, 15) is 14.2 Å². The second-order valence-corrected chi connectivity index (χ2v) is 10.5. The molecule has 9 nitrogen and oxygen atoms in total. The molecule has 0 heterocycles. The summed E-state index contributed by atoms with van der Waals surface area (Å²) in [6.07, 6.45) is -0.356. The smallest absolute Gasteiger partial charge is 0.460 e. The summed E-state index contributed by atoms with van der Waals surface area (Å²) < 4.78 is 38.5. The molecule has 0 aliphatic rings. The van der Waals surface area contributed by atoms with Gasteiger partial charge >= 0.3 is 19.8 Å². The highest BCUT2D eigenvalue weighted by Gasteiger charge is 2.37. The third-order valence-electron chi connectivity index (χ3n) is 2.29. The maximum Gasteiger partial charge on any atom is 0.478 e. The first-order valence-corrected chi connectivity index (χ1v) is 10.1. The highest BCUT2D eigenvalue weighted by molar-refractivity contribution is 7.48. The second kappa shape index (κ2) is 9.47. The van der Waals surface area contributed by atoms with E-state index in [1.807, 2.05) is 0 Å². The molecule has 1 atom stereocenters. The Kier molecular flexibility index (Phi) is 9.13. The molecule has 0 rings (SSSR count). The summed E-state index contributed by atoms with van der Waals surface area (Å²) in [4.78, 5) is 23.6. The van der Waals surface area contributed by atoms with E-state index in [0.717, 1.165) is 0 Å². The molecular weight excluding hydrogens is 377 g/mol. The Morgan fingerprint density at radius 3 is 1.70 bits per heavy atom. The number of nitrogens with two attached hydrogens (primary N) is 1. The van der Waals surface area contributed by atoms with Crippen molar-refractivity contribution in [1.82, 2.24) is 0 Å². The first-order chi connectivity index (χ1) is 11.8. The molecule has 0 aliphatic carbocycles. The van der Waals surface area contributed by atoms with Gasteiger partial charge in [0.05, 0.1) is 17.6 Å². The van der Waals surface area contributed by atoms with Crippen LogP contribution in [0.5, 0.6) is 0 Å². The summed E-state index contributed by atoms with van der Waals surface area (Å²) in [5.74, 6) is -1.54. The van der Waals surface area contributed by atoms with Crippen LogP contribution < -0.4 is 5.73 Å². The van der Waals surface area contributed by atoms with E-state index < -0.39 is 49.4 Å². The van der Waals surface area contributed by atoms with Crippen LogP contribution in [-0.2, 0) is 37.2 Å². The van der Waals surface area contributed by atoms with Gasteiger partial charge in [-0.3, -0.25) is 18.6 Å². The van der Waals surface area contributed by atoms with E-state index in [0.29, 0.717) is 0 Å². The van der Waals surface area contributed by atoms with Gasteiger partial charge in [0, 0.05) is 0 Å². The van der Waals surface area contributed by atoms with Crippen molar-refractivity contribution in [3.05, 3.63) is 0 Å². The molecule has 0 aromatic heterocycles. The molecule has 0 spiro atoms. The summed E-state index contributed by atoms with van der Waals surface area (Å²) >= 11 is 0. The van der Waals surface area contributed by atoms with E-state index in [4.69, 9.17) is 28.8 Å². The highest BCUT2D eigenvalue weighted by Crippen LogP contribution is 2.55. The first kappa shape index (κ1) is 26.0. The maximum atomic E-state index is 12.8. The van der Waals surface area contributed by atoms with E-state index >= 15 is 0 Å². The molecule has 0 saturated carbocycles. The lowest BCUT2D eigenvalue weighted by atomic mass is 10.2. The molecular formula is C17H34NO8P. The quantitative estimate of drug-likeness (QED) is 0.364. The standard InChI is InChI=1S/C17H34NO8P/c1-15(2,3)24-13(19)10-12(18)14(20)22-11-23-27(21,25-16(4,5)6)26-17(7,8)9/h12H,10-11,18H2,1-9H3/t12-/m0/s1. The number of hydrogen-bond acceptors (Lipinski definition) is 9. The van der Waals surface area contributed by atoms with Gasteiger partial charge in [-0.1, -0.05) is 0 Å². The van der Waals surface area contributed by atoms with Gasteiger partial charge in [0.15, 0.2) is 0 Å². The van der Waals surface area contributed by atoms with Crippen molar-refractivity contribution in [1.29, 1.82) is 0 Å². The largest absolute Gasteiger partial charge is 0.478 e. The van der Waals surface area contributed by atoms with Gasteiger partial charge in [0.1, 0.15) is 11.6 Å². The van der Waals surface area contributed by atoms with Gasteiger partial charge in [-0.25, -0.2) is 9.09 Å². The lowest BCUT2D eigenvalue weighted by Gasteiger charge is -2.30. The van der Waals surface area contributed by atoms with E-state index in [-0.39, 0.29) is 6.42 Å². The monoisotopic (exact) mass is 411 g/mol. The first-order valence-electron chi connectivity index (χ1n) is 8.62. The molecule has 27 heavy (non-hydrogen) atoms. The SMILES string of the molecule is CC(C)(C)OC(=O)C[C@H](N)C(=O)OCOP(=O)(OC(C)(C)C)OC(C)(C)C. The Morgan fingerprint density at radius 1 is 0.889 bits per heavy atom. The third-order valence-corrected chi connectivity index (χ3v) is 4.26. The van der Waals surface area contributed by atoms with E-state index in [1.54, 1.807) is 62.3 Å². The van der Waals surface area contributed by atoms with Crippen LogP contribution in [0.2, 0.25) is 0 Å². The summed E-state index contributed by atoms with van der Waals surface area (Å²) in [7, 11) is -4.01. The Hall–Kier alpha value is -0.990. The fraction of sp³-hybridized carbons (Fsp3) is 0.882. The van der Waals surface area contributed by atoms with Gasteiger partial charge in [-0.2, -0.15) is 0 Å². The average Bonchev–Trinajstić information content (AvgIpc) is 2.30. The molecule has 0 amide bonds. The maximum absolute atomic E-state index is 12.8. The van der Waals surface area contributed by atoms with Crippen molar-refractivity contribution in [3.8, 4) is 0 Å². The Labute approximate surface area is 161 Å². The Balaban J connectivity index is 4.71. The summed E-state index contributed by atoms with van der Waals surface area (Å²) in [5.41, 5.74) is 3.30. The molecule has 0 aliphatic heterocycles. The van der Waals surface area contributed by atoms with Crippen molar-refractivity contribution < 1.29 is 37.2 Å². The Bertz CT molecular complexity index is 537. The molecule has 0 radical (unpaired) electrons. The minimum absolute atomic E-state index is 0.356. The van der Waals surface area contributed by atoms with Crippen LogP contribution in [-0.4, -0.2) is 41.6 Å². The van der Waals surface area contributed by atoms with Crippen molar-refractivity contribution in [3.63, 3.8) is 0 Å². The van der Waals surface area contributed by atoms with Gasteiger partial charge < -0.3 is 15.2 Å². The van der Waals surface area contributed by atoms with Gasteiger partial charge in [-0.05, 0) is 62.3 Å². The minimum atomic E-state index is -4.01. The predicted octanol–water partition coefficient (Wildman–Crippen LogP) is 3.30. The van der Waals surface area contributed by atoms with E-state index in [2.05, 4.69) is 0 Å². The molecule has 0 unspecified atom stereocenters. The number of ether oxygens (including phenoxy) is 2. The van der Waals surface area contributed by atoms with Crippen LogP contribution in [0.4, 0.5) is 0 Å². The molecule has 2 N–H and O–H groups in total. The van der Waals surface area contributed by atoms with Crippen molar-refractivity contribution in [2.24, 2.45) is 5.73 Å². The second-order valence-electron chi connectivity index (χ2n) is 8.96. The molecule has 0 fully saturated rings. The third kappa shape index (κ3) is 13.8. The molecule has 0 saturated heterocycles. The van der Waals surface area contributed by atoms with Crippen molar-refractivity contribution in [2.45, 2.75) is 91.6 Å². The fourth-order valence-corrected chi connectivity index (χ4v) is 3.31. The number of rotatable bonds is 8. The van der Waals surface area contributed by atoms with Crippen LogP contribution in [0.1, 0.15) is 68.7 Å². The molecule has 0 bridgehead atoms. The number of carbonyl (C=O) groups is 2. The number of phosphoric ester groups is 1. The van der Waals surface area contributed by atoms with Crippen molar-refractivity contribution >= 4 is 19.8 Å². The van der Waals surface area contributed by atoms with Crippen LogP contribution in [0.3, 0.4) is 0 Å². The van der Waals surface area contributed by atoms with E-state index in [1.165, 1.54) is 0 Å². The van der Waals surface area contributed by atoms with Crippen LogP contribution in [0.25, 0.3) is 0 Å². The lowest BCUT2D eigenvalue weighted by Crippen LogP contribution is -2.37. The minimum Gasteiger partial charge on any atom is -0.460 e. The zero-order valence-corrected chi connectivity index (χ0v) is 18.7. The topological polar surface area (TPSA) is 123 Å². The van der Waals surface area contributed by atoms with Crippen LogP contribution in [0.15, 0.2) is 0 Å². The number of phosphoric acid groups is 1. The zero-order chi connectivity index (χ0) is 21.7. The molecule has 0 aromatic rings. The number of carbonyl (C=O) groups excluding carboxylic acids is 2. The number of esters is 2. The summed E-state index contributed by atoms with van der Waals surface area (Å²) in [6, 6.07) is -1.24. The molecule has 160 valence electrons.